The van der Waals surface area contributed by atoms with Gasteiger partial charge in [-0.3, -0.25) is 8.62 Å². The Morgan fingerprint density at radius 3 is 1.18 bits per heavy atom. The molecule has 4 atom stereocenters. The van der Waals surface area contributed by atoms with Crippen LogP contribution in [0.4, 0.5) is 0 Å². The van der Waals surface area contributed by atoms with E-state index in [-0.39, 0.29) is 0 Å². The van der Waals surface area contributed by atoms with Crippen LogP contribution in [0.5, 0.6) is 0 Å². The van der Waals surface area contributed by atoms with Crippen molar-refractivity contribution in [2.24, 2.45) is 0 Å². The molecule has 0 amide bonds. The van der Waals surface area contributed by atoms with Gasteiger partial charge in [-0.15, -0.1) is 0 Å². The molecule has 0 rings (SSSR count). The zero-order chi connectivity index (χ0) is 14.1. The van der Waals surface area contributed by atoms with Gasteiger partial charge in [0.25, 0.3) is 0 Å². The molecule has 0 aromatic carbocycles. The van der Waals surface area contributed by atoms with E-state index in [1.54, 1.807) is 0 Å². The summed E-state index contributed by atoms with van der Waals surface area (Å²) in [6, 6.07) is 0. The third-order valence-corrected chi connectivity index (χ3v) is 8.03. The van der Waals surface area contributed by atoms with Gasteiger partial charge in [0.2, 0.25) is 0 Å². The molecule has 10 nitrogen and oxygen atoms in total. The third kappa shape index (κ3) is 10.3. The van der Waals surface area contributed by atoms with Gasteiger partial charge in [0.15, 0.2) is 0 Å². The van der Waals surface area contributed by atoms with Crippen LogP contribution in [-0.4, -0.2) is 19.2 Å². The lowest BCUT2D eigenvalue weighted by Crippen LogP contribution is -2.17. The van der Waals surface area contributed by atoms with Crippen LogP contribution in [0.25, 0.3) is 0 Å². The molecule has 0 aliphatic carbocycles. The maximum atomic E-state index is 10.9. The molecule has 0 aliphatic heterocycles. The zero-order valence-electron chi connectivity index (χ0n) is 8.58. The Hall–Kier alpha value is 0.680. The van der Waals surface area contributed by atoms with Crippen molar-refractivity contribution in [2.75, 3.05) is 19.2 Å². The second kappa shape index (κ2) is 5.35. The molecule has 0 N–H and O–H groups in total. The standard InChI is InChI=1S/C3H12O10P4/c1-14(4,5)12-16(8,9)3-17(10,11)13-15(2,6)7/h3H2,1-2H3,(H,4,5)(H,6,7)(H,8,9)(H,10,11)/p-4. The summed E-state index contributed by atoms with van der Waals surface area (Å²) in [6.07, 6.45) is 0. The van der Waals surface area contributed by atoms with Crippen molar-refractivity contribution in [3.05, 3.63) is 0 Å². The van der Waals surface area contributed by atoms with Crippen LogP contribution in [-0.2, 0) is 26.9 Å². The maximum absolute atomic E-state index is 10.9. The number of hydrogen-bond acceptors (Lipinski definition) is 10. The van der Waals surface area contributed by atoms with E-state index in [4.69, 9.17) is 0 Å². The molecule has 14 heteroatoms. The molecule has 17 heavy (non-hydrogen) atoms. The smallest absolute Gasteiger partial charge is 0.149 e. The van der Waals surface area contributed by atoms with Gasteiger partial charge < -0.3 is 37.8 Å². The monoisotopic (exact) mass is 328 g/mol. The summed E-state index contributed by atoms with van der Waals surface area (Å²) < 4.78 is 49.9. The van der Waals surface area contributed by atoms with Crippen molar-refractivity contribution < 1.29 is 46.5 Å². The Morgan fingerprint density at radius 2 is 1.00 bits per heavy atom. The van der Waals surface area contributed by atoms with Crippen molar-refractivity contribution in [1.29, 1.82) is 0 Å². The third-order valence-electron chi connectivity index (χ3n) is 0.892. The van der Waals surface area contributed by atoms with E-state index >= 15 is 0 Å². The predicted molar refractivity (Wildman–Crippen MR) is 49.3 cm³/mol. The summed E-state index contributed by atoms with van der Waals surface area (Å²) in [6.45, 7) is 0.818. The minimum atomic E-state index is -5.31. The average molecular weight is 328 g/mol. The molecule has 0 fully saturated rings. The second-order valence-corrected chi connectivity index (χ2v) is 11.0. The van der Waals surface area contributed by atoms with Crippen LogP contribution in [0.3, 0.4) is 0 Å². The van der Waals surface area contributed by atoms with Crippen LogP contribution < -0.4 is 19.6 Å². The van der Waals surface area contributed by atoms with E-state index in [1.807, 2.05) is 0 Å². The minimum Gasteiger partial charge on any atom is -0.778 e. The first kappa shape index (κ1) is 17.7. The van der Waals surface area contributed by atoms with Gasteiger partial charge in [-0.1, -0.05) is 0 Å². The lowest BCUT2D eigenvalue weighted by Gasteiger charge is -2.36. The first-order valence-electron chi connectivity index (χ1n) is 3.72. The fraction of sp³-hybridized carbons (Fsp3) is 1.00. The molecule has 4 unspecified atom stereocenters. The van der Waals surface area contributed by atoms with E-state index in [0.29, 0.717) is 13.3 Å². The summed E-state index contributed by atoms with van der Waals surface area (Å²) in [7, 11) is -20.0. The number of hydrogen-bond donors (Lipinski definition) is 0. The molecule has 0 aromatic rings. The molecule has 0 radical (unpaired) electrons. The van der Waals surface area contributed by atoms with Gasteiger partial charge in [-0.2, -0.15) is 0 Å². The van der Waals surface area contributed by atoms with Gasteiger partial charge in [0, 0.05) is 13.3 Å². The van der Waals surface area contributed by atoms with Crippen molar-refractivity contribution in [1.82, 2.24) is 0 Å². The van der Waals surface area contributed by atoms with Crippen LogP contribution in [0.15, 0.2) is 0 Å². The Kier molecular flexibility index (Phi) is 5.57. The SMILES string of the molecule is CP(=O)([O-])OP(=O)([O-])CP(=O)([O-])OP(C)(=O)[O-]. The summed E-state index contributed by atoms with van der Waals surface area (Å²) in [5, 5.41) is 0. The zero-order valence-corrected chi connectivity index (χ0v) is 12.2. The molecule has 0 aromatic heterocycles. The molecule has 0 bridgehead atoms. The molecule has 0 saturated heterocycles. The highest BCUT2D eigenvalue weighted by Gasteiger charge is 2.24. The van der Waals surface area contributed by atoms with E-state index in [0.717, 1.165) is 0 Å². The van der Waals surface area contributed by atoms with Gasteiger partial charge >= 0.3 is 0 Å². The molecule has 0 heterocycles. The van der Waals surface area contributed by atoms with Crippen molar-refractivity contribution in [3.63, 3.8) is 0 Å². The summed E-state index contributed by atoms with van der Waals surface area (Å²) in [5.41, 5.74) is 0. The van der Waals surface area contributed by atoms with Crippen molar-refractivity contribution >= 4 is 30.4 Å². The second-order valence-electron chi connectivity index (χ2n) is 3.07. The van der Waals surface area contributed by atoms with Crippen LogP contribution in [0.2, 0.25) is 0 Å². The van der Waals surface area contributed by atoms with Gasteiger partial charge in [0.05, 0.1) is 5.90 Å². The number of rotatable bonds is 6. The Morgan fingerprint density at radius 1 is 0.765 bits per heavy atom. The van der Waals surface area contributed by atoms with Crippen molar-refractivity contribution in [3.8, 4) is 0 Å². The fourth-order valence-electron chi connectivity index (χ4n) is 0.716. The highest BCUT2D eigenvalue weighted by molar-refractivity contribution is 7.76. The molecule has 0 saturated carbocycles. The van der Waals surface area contributed by atoms with Gasteiger partial charge in [-0.05, 0) is 0 Å². The Balaban J connectivity index is 4.84. The first-order valence-corrected chi connectivity index (χ1v) is 11.2. The van der Waals surface area contributed by atoms with E-state index < -0.39 is 36.3 Å². The topological polar surface area (TPSA) is 179 Å². The molecule has 104 valence electrons. The van der Waals surface area contributed by atoms with Gasteiger partial charge in [0.1, 0.15) is 30.4 Å². The molecule has 0 aliphatic rings. The predicted octanol–water partition coefficient (Wildman–Crippen LogP) is -1.55. The highest BCUT2D eigenvalue weighted by atomic mass is 31.3. The molecule has 0 spiro atoms. The first-order chi connectivity index (χ1) is 7.12. The summed E-state index contributed by atoms with van der Waals surface area (Å²) in [4.78, 5) is 42.9. The molecular weight excluding hydrogens is 320 g/mol. The average Bonchev–Trinajstić information content (AvgIpc) is 1.65. The largest absolute Gasteiger partial charge is 0.778 e. The Labute approximate surface area is 96.7 Å². The quantitative estimate of drug-likeness (QED) is 0.518. The summed E-state index contributed by atoms with van der Waals surface area (Å²) >= 11 is 0. The van der Waals surface area contributed by atoms with Crippen molar-refractivity contribution in [2.45, 2.75) is 0 Å². The van der Waals surface area contributed by atoms with Gasteiger partial charge in [-0.25, -0.2) is 0 Å². The lowest BCUT2D eigenvalue weighted by molar-refractivity contribution is -0.216. The lowest BCUT2D eigenvalue weighted by atomic mass is 11.9. The Bertz CT molecular complexity index is 412. The minimum absolute atomic E-state index is 0.409. The highest BCUT2D eigenvalue weighted by Crippen LogP contribution is 2.63. The van der Waals surface area contributed by atoms with Crippen LogP contribution in [0, 0.1) is 0 Å². The van der Waals surface area contributed by atoms with E-state index in [2.05, 4.69) is 8.62 Å². The van der Waals surface area contributed by atoms with Crippen LogP contribution >= 0.6 is 30.4 Å². The molecular formula is C3H8O10P4-4. The van der Waals surface area contributed by atoms with E-state index in [1.165, 1.54) is 0 Å². The normalized spacial score (nSPS) is 26.2. The maximum Gasteiger partial charge on any atom is 0.149 e. The summed E-state index contributed by atoms with van der Waals surface area (Å²) in [5.74, 6) is -1.87. The van der Waals surface area contributed by atoms with Crippen LogP contribution in [0.1, 0.15) is 0 Å². The van der Waals surface area contributed by atoms with E-state index in [9.17, 15) is 37.8 Å². The fourth-order valence-corrected chi connectivity index (χ4v) is 7.37.